The van der Waals surface area contributed by atoms with Gasteiger partial charge in [-0.2, -0.15) is 0 Å². The number of hydrogen-bond acceptors (Lipinski definition) is 6. The molecule has 0 unspecified atom stereocenters. The summed E-state index contributed by atoms with van der Waals surface area (Å²) >= 11 is 0. The molecule has 3 aromatic rings. The minimum absolute atomic E-state index is 0.0267. The van der Waals surface area contributed by atoms with Crippen LogP contribution in [0.5, 0.6) is 17.2 Å². The van der Waals surface area contributed by atoms with E-state index in [1.807, 2.05) is 0 Å². The molecule has 6 heteroatoms. The highest BCUT2D eigenvalue weighted by Crippen LogP contribution is 2.31. The SMILES string of the molecule is COc1ccc(-c2coc3cc(OC(=O)C(C)(C)C)cc(O)c3c2=O)cc1. The summed E-state index contributed by atoms with van der Waals surface area (Å²) in [6.45, 7) is 5.16. The predicted molar refractivity (Wildman–Crippen MR) is 101 cm³/mol. The van der Waals surface area contributed by atoms with Crippen molar-refractivity contribution in [2.75, 3.05) is 7.11 Å². The first-order valence-corrected chi connectivity index (χ1v) is 8.36. The molecular weight excluding hydrogens is 348 g/mol. The standard InChI is InChI=1S/C21H20O6/c1-21(2,3)20(24)27-14-9-16(22)18-17(10-14)26-11-15(19(18)23)12-5-7-13(25-4)8-6-12/h5-11,22H,1-4H3. The Bertz CT molecular complexity index is 1050. The van der Waals surface area contributed by atoms with Gasteiger partial charge in [0, 0.05) is 12.1 Å². The van der Waals surface area contributed by atoms with E-state index in [2.05, 4.69) is 0 Å². The van der Waals surface area contributed by atoms with Crippen molar-refractivity contribution in [3.8, 4) is 28.4 Å². The summed E-state index contributed by atoms with van der Waals surface area (Å²) in [6.07, 6.45) is 1.32. The summed E-state index contributed by atoms with van der Waals surface area (Å²) < 4.78 is 15.9. The molecule has 0 amide bonds. The first-order valence-electron chi connectivity index (χ1n) is 8.36. The van der Waals surface area contributed by atoms with E-state index >= 15 is 0 Å². The molecule has 0 saturated heterocycles. The molecule has 2 aromatic carbocycles. The zero-order valence-corrected chi connectivity index (χ0v) is 15.5. The van der Waals surface area contributed by atoms with E-state index < -0.39 is 11.4 Å². The smallest absolute Gasteiger partial charge is 0.316 e. The quantitative estimate of drug-likeness (QED) is 0.553. The van der Waals surface area contributed by atoms with Crippen LogP contribution in [-0.2, 0) is 4.79 Å². The van der Waals surface area contributed by atoms with Crippen molar-refractivity contribution >= 4 is 16.9 Å². The number of methoxy groups -OCH3 is 1. The van der Waals surface area contributed by atoms with E-state index in [4.69, 9.17) is 13.9 Å². The summed E-state index contributed by atoms with van der Waals surface area (Å²) in [5.41, 5.74) is -0.0144. The van der Waals surface area contributed by atoms with Crippen LogP contribution < -0.4 is 14.9 Å². The van der Waals surface area contributed by atoms with Crippen molar-refractivity contribution in [2.24, 2.45) is 5.41 Å². The lowest BCUT2D eigenvalue weighted by atomic mass is 9.97. The average Bonchev–Trinajstić information content (AvgIpc) is 2.61. The Morgan fingerprint density at radius 3 is 2.33 bits per heavy atom. The predicted octanol–water partition coefficient (Wildman–Crippen LogP) is 4.13. The third-order valence-electron chi connectivity index (χ3n) is 4.05. The lowest BCUT2D eigenvalue weighted by molar-refractivity contribution is -0.142. The van der Waals surface area contributed by atoms with Gasteiger partial charge in [-0.25, -0.2) is 0 Å². The monoisotopic (exact) mass is 368 g/mol. The largest absolute Gasteiger partial charge is 0.507 e. The fourth-order valence-corrected chi connectivity index (χ4v) is 2.50. The van der Waals surface area contributed by atoms with E-state index in [1.54, 1.807) is 52.1 Å². The summed E-state index contributed by atoms with van der Waals surface area (Å²) in [5, 5.41) is 10.4. The number of rotatable bonds is 3. The van der Waals surface area contributed by atoms with Gasteiger partial charge in [0.25, 0.3) is 0 Å². The maximum atomic E-state index is 12.8. The van der Waals surface area contributed by atoms with Crippen molar-refractivity contribution < 1.29 is 23.8 Å². The van der Waals surface area contributed by atoms with Crippen molar-refractivity contribution in [1.29, 1.82) is 0 Å². The zero-order chi connectivity index (χ0) is 19.8. The number of phenols is 1. The van der Waals surface area contributed by atoms with Crippen LogP contribution in [-0.4, -0.2) is 18.2 Å². The molecule has 0 fully saturated rings. The molecule has 0 aliphatic heterocycles. The molecule has 6 nitrogen and oxygen atoms in total. The Kier molecular flexibility index (Phi) is 4.66. The summed E-state index contributed by atoms with van der Waals surface area (Å²) in [5.74, 6) is 0.00382. The van der Waals surface area contributed by atoms with Crippen molar-refractivity contribution in [1.82, 2.24) is 0 Å². The molecule has 0 aliphatic rings. The third-order valence-corrected chi connectivity index (χ3v) is 4.05. The number of fused-ring (bicyclic) bond motifs is 1. The molecule has 0 atom stereocenters. The van der Waals surface area contributed by atoms with Crippen LogP contribution in [0, 0.1) is 5.41 Å². The molecule has 27 heavy (non-hydrogen) atoms. The maximum Gasteiger partial charge on any atom is 0.316 e. The van der Waals surface area contributed by atoms with E-state index in [1.165, 1.54) is 18.4 Å². The van der Waals surface area contributed by atoms with Gasteiger partial charge in [0.15, 0.2) is 0 Å². The normalized spacial score (nSPS) is 11.4. The summed E-state index contributed by atoms with van der Waals surface area (Å²) in [7, 11) is 1.56. The first-order chi connectivity index (χ1) is 12.7. The number of benzene rings is 2. The van der Waals surface area contributed by atoms with Gasteiger partial charge in [0.05, 0.1) is 18.1 Å². The van der Waals surface area contributed by atoms with Gasteiger partial charge >= 0.3 is 5.97 Å². The average molecular weight is 368 g/mol. The fourth-order valence-electron chi connectivity index (χ4n) is 2.50. The molecule has 1 N–H and O–H groups in total. The number of esters is 1. The number of hydrogen-bond donors (Lipinski definition) is 1. The Hall–Kier alpha value is -3.28. The van der Waals surface area contributed by atoms with Crippen LogP contribution in [0.25, 0.3) is 22.1 Å². The highest BCUT2D eigenvalue weighted by atomic mass is 16.5. The molecule has 0 bridgehead atoms. The van der Waals surface area contributed by atoms with E-state index in [9.17, 15) is 14.7 Å². The highest BCUT2D eigenvalue weighted by Gasteiger charge is 2.24. The number of aromatic hydroxyl groups is 1. The van der Waals surface area contributed by atoms with E-state index in [0.29, 0.717) is 16.9 Å². The topological polar surface area (TPSA) is 86.0 Å². The second-order valence-corrected chi connectivity index (χ2v) is 7.16. The lowest BCUT2D eigenvalue weighted by Crippen LogP contribution is -2.25. The van der Waals surface area contributed by atoms with Gasteiger partial charge in [-0.05, 0) is 38.5 Å². The van der Waals surface area contributed by atoms with Gasteiger partial charge in [-0.1, -0.05) is 12.1 Å². The Balaban J connectivity index is 2.06. The Morgan fingerprint density at radius 2 is 1.74 bits per heavy atom. The summed E-state index contributed by atoms with van der Waals surface area (Å²) in [4.78, 5) is 24.9. The molecular formula is C21H20O6. The maximum absolute atomic E-state index is 12.8. The van der Waals surface area contributed by atoms with Crippen LogP contribution in [0.2, 0.25) is 0 Å². The van der Waals surface area contributed by atoms with Gasteiger partial charge < -0.3 is 19.0 Å². The molecule has 1 heterocycles. The fraction of sp³-hybridized carbons (Fsp3) is 0.238. The van der Waals surface area contributed by atoms with Crippen molar-refractivity contribution in [3.05, 3.63) is 52.9 Å². The molecule has 0 radical (unpaired) electrons. The molecule has 140 valence electrons. The highest BCUT2D eigenvalue weighted by molar-refractivity contribution is 5.89. The number of carbonyl (C=O) groups is 1. The van der Waals surface area contributed by atoms with Crippen LogP contribution >= 0.6 is 0 Å². The third kappa shape index (κ3) is 3.65. The van der Waals surface area contributed by atoms with Crippen LogP contribution in [0.15, 0.2) is 51.9 Å². The van der Waals surface area contributed by atoms with E-state index in [0.717, 1.165) is 0 Å². The number of carbonyl (C=O) groups excluding carboxylic acids is 1. The number of ether oxygens (including phenoxy) is 2. The lowest BCUT2D eigenvalue weighted by Gasteiger charge is -2.16. The molecule has 3 rings (SSSR count). The van der Waals surface area contributed by atoms with Gasteiger partial charge in [0.1, 0.15) is 34.5 Å². The van der Waals surface area contributed by atoms with Crippen LogP contribution in [0.1, 0.15) is 20.8 Å². The number of phenolic OH excluding ortho intramolecular Hbond substituents is 1. The summed E-state index contributed by atoms with van der Waals surface area (Å²) in [6, 6.07) is 9.57. The second-order valence-electron chi connectivity index (χ2n) is 7.16. The Morgan fingerprint density at radius 1 is 1.07 bits per heavy atom. The van der Waals surface area contributed by atoms with Crippen molar-refractivity contribution in [3.63, 3.8) is 0 Å². The van der Waals surface area contributed by atoms with Crippen LogP contribution in [0.3, 0.4) is 0 Å². The minimum Gasteiger partial charge on any atom is -0.507 e. The second kappa shape index (κ2) is 6.79. The van der Waals surface area contributed by atoms with Crippen molar-refractivity contribution in [2.45, 2.75) is 20.8 Å². The first kappa shape index (κ1) is 18.5. The minimum atomic E-state index is -0.705. The van der Waals surface area contributed by atoms with Gasteiger partial charge in [-0.15, -0.1) is 0 Å². The van der Waals surface area contributed by atoms with Crippen LogP contribution in [0.4, 0.5) is 0 Å². The molecule has 0 aliphatic carbocycles. The molecule has 0 saturated carbocycles. The Labute approximate surface area is 156 Å². The zero-order valence-electron chi connectivity index (χ0n) is 15.5. The molecule has 0 spiro atoms. The van der Waals surface area contributed by atoms with Gasteiger partial charge in [0.2, 0.25) is 5.43 Å². The van der Waals surface area contributed by atoms with Gasteiger partial charge in [-0.3, -0.25) is 9.59 Å². The molecule has 1 aromatic heterocycles. The van der Waals surface area contributed by atoms with E-state index in [-0.39, 0.29) is 27.9 Å².